The van der Waals surface area contributed by atoms with Gasteiger partial charge < -0.3 is 20.0 Å². The fourth-order valence-corrected chi connectivity index (χ4v) is 4.42. The van der Waals surface area contributed by atoms with Crippen molar-refractivity contribution in [2.75, 3.05) is 31.1 Å². The number of nitrogens with zero attached hydrogens (tertiary/aromatic N) is 6. The number of fused-ring (bicyclic) bond motifs is 1. The molecule has 3 aromatic rings. The van der Waals surface area contributed by atoms with Gasteiger partial charge in [0.2, 0.25) is 0 Å². The number of amides is 1. The van der Waals surface area contributed by atoms with Crippen LogP contribution in [0.2, 0.25) is 0 Å². The van der Waals surface area contributed by atoms with Gasteiger partial charge in [0.25, 0.3) is 5.91 Å². The van der Waals surface area contributed by atoms with Crippen molar-refractivity contribution in [3.8, 4) is 0 Å². The summed E-state index contributed by atoms with van der Waals surface area (Å²) in [6.45, 7) is 5.54. The number of halogens is 6. The van der Waals surface area contributed by atoms with Crippen LogP contribution in [0, 0.1) is 6.92 Å². The van der Waals surface area contributed by atoms with Gasteiger partial charge in [-0.05, 0) is 56.9 Å². The quantitative estimate of drug-likeness (QED) is 0.411. The molecule has 0 aromatic carbocycles. The Balaban J connectivity index is 0.000000303. The Bertz CT molecular complexity index is 1410. The van der Waals surface area contributed by atoms with E-state index in [-0.39, 0.29) is 11.8 Å². The van der Waals surface area contributed by atoms with Gasteiger partial charge in [-0.25, -0.2) is 24.1 Å². The average Bonchev–Trinajstić information content (AvgIpc) is 3.62. The maximum Gasteiger partial charge on any atom is 0.490 e. The molecular formula is C26H28F6N6O5. The second kappa shape index (κ2) is 13.7. The predicted molar refractivity (Wildman–Crippen MR) is 139 cm³/mol. The van der Waals surface area contributed by atoms with E-state index in [1.165, 1.54) is 18.5 Å². The number of aryl methyl sites for hydroxylation is 1. The second-order valence-corrected chi connectivity index (χ2v) is 9.71. The van der Waals surface area contributed by atoms with Crippen LogP contribution in [-0.4, -0.2) is 91.1 Å². The van der Waals surface area contributed by atoms with Gasteiger partial charge in [-0.15, -0.1) is 0 Å². The van der Waals surface area contributed by atoms with Crippen molar-refractivity contribution >= 4 is 29.2 Å². The highest BCUT2D eigenvalue weighted by molar-refractivity contribution is 5.92. The third-order valence-corrected chi connectivity index (χ3v) is 6.47. The lowest BCUT2D eigenvalue weighted by Gasteiger charge is -2.31. The van der Waals surface area contributed by atoms with Crippen LogP contribution >= 0.6 is 0 Å². The number of hydrogen-bond donors (Lipinski definition) is 2. The second-order valence-electron chi connectivity index (χ2n) is 9.71. The topological polar surface area (TPSA) is 141 Å². The number of carbonyl (C=O) groups is 3. The molecule has 2 aliphatic rings. The molecule has 2 fully saturated rings. The Morgan fingerprint density at radius 3 is 2.02 bits per heavy atom. The van der Waals surface area contributed by atoms with Crippen molar-refractivity contribution in [1.29, 1.82) is 0 Å². The number of carboxylic acids is 2. The molecule has 5 heterocycles. The number of carboxylic acid groups (broad SMARTS) is 2. The van der Waals surface area contributed by atoms with Crippen molar-refractivity contribution in [1.82, 2.24) is 24.5 Å². The van der Waals surface area contributed by atoms with E-state index in [2.05, 4.69) is 22.1 Å². The highest BCUT2D eigenvalue weighted by Gasteiger charge is 2.39. The molecule has 0 aliphatic carbocycles. The van der Waals surface area contributed by atoms with E-state index in [1.807, 2.05) is 34.5 Å². The van der Waals surface area contributed by atoms with Crippen LogP contribution in [0.5, 0.6) is 0 Å². The first-order valence-electron chi connectivity index (χ1n) is 13.0. The zero-order chi connectivity index (χ0) is 31.9. The summed E-state index contributed by atoms with van der Waals surface area (Å²) in [7, 11) is 0. The Morgan fingerprint density at radius 1 is 0.860 bits per heavy atom. The molecule has 17 heteroatoms. The molecule has 1 amide bonds. The number of pyridine rings is 2. The van der Waals surface area contributed by atoms with Crippen LogP contribution in [0.1, 0.15) is 53.6 Å². The molecule has 234 valence electrons. The Kier molecular flexibility index (Phi) is 10.5. The molecule has 0 spiro atoms. The van der Waals surface area contributed by atoms with Gasteiger partial charge >= 0.3 is 24.3 Å². The molecule has 2 saturated heterocycles. The van der Waals surface area contributed by atoms with Gasteiger partial charge in [-0.3, -0.25) is 4.79 Å². The van der Waals surface area contributed by atoms with Gasteiger partial charge in [0.1, 0.15) is 5.69 Å². The first-order valence-corrected chi connectivity index (χ1v) is 13.0. The number of carbonyl (C=O) groups excluding carboxylic acids is 1. The molecule has 0 saturated carbocycles. The molecule has 43 heavy (non-hydrogen) atoms. The number of alkyl halides is 6. The summed E-state index contributed by atoms with van der Waals surface area (Å²) >= 11 is 0. The first-order chi connectivity index (χ1) is 20.1. The molecule has 0 bridgehead atoms. The van der Waals surface area contributed by atoms with Crippen molar-refractivity contribution in [3.05, 3.63) is 53.7 Å². The number of likely N-dealkylation sites (tertiary alicyclic amines) is 1. The predicted octanol–water partition coefficient (Wildman–Crippen LogP) is 4.32. The Hall–Kier alpha value is -4.44. The van der Waals surface area contributed by atoms with Crippen molar-refractivity contribution < 1.29 is 50.9 Å². The lowest BCUT2D eigenvalue weighted by Crippen LogP contribution is -2.39. The summed E-state index contributed by atoms with van der Waals surface area (Å²) in [4.78, 5) is 44.2. The highest BCUT2D eigenvalue weighted by Crippen LogP contribution is 2.27. The van der Waals surface area contributed by atoms with Crippen LogP contribution in [0.15, 0.2) is 36.5 Å². The van der Waals surface area contributed by atoms with E-state index in [4.69, 9.17) is 29.9 Å². The maximum absolute atomic E-state index is 12.9. The normalized spacial score (nSPS) is 17.0. The zero-order valence-electron chi connectivity index (χ0n) is 22.8. The van der Waals surface area contributed by atoms with Gasteiger partial charge in [0, 0.05) is 37.8 Å². The largest absolute Gasteiger partial charge is 0.490 e. The van der Waals surface area contributed by atoms with E-state index in [0.29, 0.717) is 12.2 Å². The molecule has 11 nitrogen and oxygen atoms in total. The lowest BCUT2D eigenvalue weighted by atomic mass is 9.97. The standard InChI is InChI=1S/C22H26N6O.2C2HF3O2/c1-16-6-4-8-19(23-16)22(29)27-13-5-7-17(14-27)21-24-20-10-9-18(15-28(20)25-21)26-11-2-3-12-26;2*3-2(4,5)1(6)7/h4,6,8-10,15,17H,2-3,5,7,11-14H2,1H3;2*(H,6,7). The average molecular weight is 619 g/mol. The minimum atomic E-state index is -5.08. The number of anilines is 1. The van der Waals surface area contributed by atoms with Gasteiger partial charge in [0.05, 0.1) is 11.9 Å². The van der Waals surface area contributed by atoms with Crippen LogP contribution in [0.4, 0.5) is 32.0 Å². The van der Waals surface area contributed by atoms with Crippen LogP contribution in [0.25, 0.3) is 5.65 Å². The molecule has 1 unspecified atom stereocenters. The first kappa shape index (κ1) is 33.1. The zero-order valence-corrected chi connectivity index (χ0v) is 22.8. The van der Waals surface area contributed by atoms with Crippen molar-refractivity contribution in [2.45, 2.75) is 50.9 Å². The lowest BCUT2D eigenvalue weighted by molar-refractivity contribution is -0.193. The number of piperidine rings is 1. The minimum absolute atomic E-state index is 0.00140. The summed E-state index contributed by atoms with van der Waals surface area (Å²) in [5, 5.41) is 19.0. The molecule has 1 atom stereocenters. The molecule has 5 rings (SSSR count). The summed E-state index contributed by atoms with van der Waals surface area (Å²) in [5.41, 5.74) is 3.45. The van der Waals surface area contributed by atoms with E-state index in [9.17, 15) is 31.1 Å². The minimum Gasteiger partial charge on any atom is -0.475 e. The van der Waals surface area contributed by atoms with E-state index in [0.717, 1.165) is 49.6 Å². The number of hydrogen-bond acceptors (Lipinski definition) is 7. The molecular weight excluding hydrogens is 590 g/mol. The molecule has 3 aromatic heterocycles. The third-order valence-electron chi connectivity index (χ3n) is 6.47. The monoisotopic (exact) mass is 618 g/mol. The van der Waals surface area contributed by atoms with E-state index >= 15 is 0 Å². The van der Waals surface area contributed by atoms with Crippen LogP contribution in [-0.2, 0) is 9.59 Å². The third kappa shape index (κ3) is 9.27. The summed E-state index contributed by atoms with van der Waals surface area (Å²) < 4.78 is 65.4. The Labute approximate surface area is 240 Å². The summed E-state index contributed by atoms with van der Waals surface area (Å²) in [5.74, 6) is -4.52. The van der Waals surface area contributed by atoms with Crippen LogP contribution in [0.3, 0.4) is 0 Å². The van der Waals surface area contributed by atoms with Gasteiger partial charge in [-0.1, -0.05) is 6.07 Å². The number of aromatic nitrogens is 4. The number of aliphatic carboxylic acids is 2. The smallest absolute Gasteiger partial charge is 0.475 e. The maximum atomic E-state index is 12.9. The molecule has 0 radical (unpaired) electrons. The van der Waals surface area contributed by atoms with Crippen molar-refractivity contribution in [3.63, 3.8) is 0 Å². The molecule has 2 aliphatic heterocycles. The fourth-order valence-electron chi connectivity index (χ4n) is 4.42. The van der Waals surface area contributed by atoms with Crippen LogP contribution < -0.4 is 4.90 Å². The van der Waals surface area contributed by atoms with Gasteiger partial charge in [-0.2, -0.15) is 31.4 Å². The SMILES string of the molecule is Cc1cccc(C(=O)N2CCCC(c3nc4ccc(N5CCCC5)cn4n3)C2)n1.O=C(O)C(F)(F)F.O=C(O)C(F)(F)F. The van der Waals surface area contributed by atoms with E-state index in [1.54, 1.807) is 6.07 Å². The fraction of sp³-hybridized carbons (Fsp3) is 0.462. The summed E-state index contributed by atoms with van der Waals surface area (Å²) in [6, 6.07) is 9.78. The summed E-state index contributed by atoms with van der Waals surface area (Å²) in [6.07, 6.45) is -3.62. The molecule has 2 N–H and O–H groups in total. The van der Waals surface area contributed by atoms with Gasteiger partial charge in [0.15, 0.2) is 11.5 Å². The van der Waals surface area contributed by atoms with Crippen molar-refractivity contribution in [2.24, 2.45) is 0 Å². The van der Waals surface area contributed by atoms with E-state index < -0.39 is 24.3 Å². The number of rotatable bonds is 3. The highest BCUT2D eigenvalue weighted by atomic mass is 19.4. The Morgan fingerprint density at radius 2 is 1.47 bits per heavy atom.